The molecule has 0 aromatic carbocycles. The molecular weight excluding hydrogens is 193 g/mol. The quantitative estimate of drug-likeness (QED) is 0.699. The van der Waals surface area contributed by atoms with Crippen molar-refractivity contribution < 1.29 is 19.4 Å². The predicted octanol–water partition coefficient (Wildman–Crippen LogP) is 2.46. The molecule has 1 aromatic heterocycles. The molecule has 11 heavy (non-hydrogen) atoms. The Morgan fingerprint density at radius 2 is 1.73 bits per heavy atom. The first kappa shape index (κ1) is 8.24. The number of hydrogen-bond acceptors (Lipinski definition) is 2. The van der Waals surface area contributed by atoms with Crippen molar-refractivity contribution in [2.75, 3.05) is 0 Å². The summed E-state index contributed by atoms with van der Waals surface area (Å²) >= 11 is 0. The molecular formula is C2H2F5N3S. The Morgan fingerprint density at radius 1 is 1.18 bits per heavy atom. The van der Waals surface area contributed by atoms with Crippen LogP contribution in [0.1, 0.15) is 0 Å². The van der Waals surface area contributed by atoms with Crippen LogP contribution >= 0.6 is 10.2 Å². The third kappa shape index (κ3) is 1.79. The molecule has 1 N–H and O–H groups in total. The Balaban J connectivity index is 3.33. The number of aromatic nitrogens is 3. The van der Waals surface area contributed by atoms with Gasteiger partial charge < -0.3 is 0 Å². The zero-order valence-corrected chi connectivity index (χ0v) is 5.59. The van der Waals surface area contributed by atoms with Gasteiger partial charge in [0.25, 0.3) is 0 Å². The van der Waals surface area contributed by atoms with Crippen LogP contribution in [0.4, 0.5) is 19.4 Å². The van der Waals surface area contributed by atoms with Gasteiger partial charge >= 0.3 is 10.2 Å². The highest BCUT2D eigenvalue weighted by Crippen LogP contribution is 3.01. The molecule has 1 aromatic rings. The van der Waals surface area contributed by atoms with Crippen LogP contribution < -0.4 is 0 Å². The number of aromatic amines is 1. The standard InChI is InChI=1S/C2H2F5N3S/c3-11(4,5,6,7)2-1-8-10-9-2/h1H,(H,8,9,10). The molecule has 0 bridgehead atoms. The molecule has 1 heterocycles. The van der Waals surface area contributed by atoms with Gasteiger partial charge in [-0.1, -0.05) is 19.4 Å². The highest BCUT2D eigenvalue weighted by molar-refractivity contribution is 8.45. The van der Waals surface area contributed by atoms with Crippen LogP contribution in [0.15, 0.2) is 11.2 Å². The van der Waals surface area contributed by atoms with E-state index in [4.69, 9.17) is 0 Å². The molecule has 9 heteroatoms. The minimum atomic E-state index is -9.58. The molecule has 3 nitrogen and oxygen atoms in total. The summed E-state index contributed by atoms with van der Waals surface area (Å²) in [5.74, 6) is 0. The van der Waals surface area contributed by atoms with Crippen LogP contribution in [-0.2, 0) is 0 Å². The zero-order valence-electron chi connectivity index (χ0n) is 4.77. The molecule has 0 aliphatic rings. The first-order valence-corrected chi connectivity index (χ1v) is 4.14. The van der Waals surface area contributed by atoms with Crippen LogP contribution in [0.25, 0.3) is 0 Å². The Labute approximate surface area is 57.3 Å². The summed E-state index contributed by atoms with van der Waals surface area (Å²) in [5, 5.41) is 4.12. The lowest BCUT2D eigenvalue weighted by Gasteiger charge is -2.37. The number of rotatable bonds is 1. The maximum Gasteiger partial charge on any atom is 0.329 e. The average Bonchev–Trinajstić information content (AvgIpc) is 2.01. The van der Waals surface area contributed by atoms with Crippen molar-refractivity contribution in [3.05, 3.63) is 6.20 Å². The topological polar surface area (TPSA) is 41.6 Å². The minimum absolute atomic E-state index is 0.0540. The molecule has 0 unspecified atom stereocenters. The van der Waals surface area contributed by atoms with Crippen molar-refractivity contribution in [2.45, 2.75) is 5.03 Å². The number of hydrogen-bond donors (Lipinski definition) is 1. The van der Waals surface area contributed by atoms with E-state index in [0.29, 0.717) is 0 Å². The molecule has 0 spiro atoms. The largest absolute Gasteiger partial charge is 0.329 e. The van der Waals surface area contributed by atoms with Crippen LogP contribution in [0.2, 0.25) is 0 Å². The summed E-state index contributed by atoms with van der Waals surface area (Å²) in [6.07, 6.45) is -0.0540. The van der Waals surface area contributed by atoms with E-state index < -0.39 is 15.3 Å². The third-order valence-corrected chi connectivity index (χ3v) is 1.78. The molecule has 0 amide bonds. The number of H-pyrrole nitrogens is 1. The second-order valence-corrected chi connectivity index (χ2v) is 4.13. The first-order valence-electron chi connectivity index (χ1n) is 2.19. The lowest BCUT2D eigenvalue weighted by molar-refractivity contribution is 0.358. The summed E-state index contributed by atoms with van der Waals surface area (Å²) in [7, 11) is -9.58. The highest BCUT2D eigenvalue weighted by atomic mass is 32.5. The van der Waals surface area contributed by atoms with Gasteiger partial charge in [-0.15, -0.1) is 5.10 Å². The van der Waals surface area contributed by atoms with E-state index in [9.17, 15) is 19.4 Å². The summed E-state index contributed by atoms with van der Waals surface area (Å²) in [6.45, 7) is 0. The van der Waals surface area contributed by atoms with Gasteiger partial charge in [0.1, 0.15) is 0 Å². The SMILES string of the molecule is FS(F)(F)(F)(F)c1cn[nH]n1. The molecule has 1 rings (SSSR count). The molecule has 0 fully saturated rings. The maximum atomic E-state index is 11.7. The van der Waals surface area contributed by atoms with Gasteiger partial charge in [0, 0.05) is 0 Å². The monoisotopic (exact) mass is 195 g/mol. The fourth-order valence-corrected chi connectivity index (χ4v) is 0.842. The lowest BCUT2D eigenvalue weighted by Crippen LogP contribution is -2.06. The van der Waals surface area contributed by atoms with E-state index in [0.717, 1.165) is 0 Å². The molecule has 0 aliphatic heterocycles. The van der Waals surface area contributed by atoms with Gasteiger partial charge in [0.05, 0.1) is 6.20 Å². The van der Waals surface area contributed by atoms with Gasteiger partial charge in [-0.05, 0) is 0 Å². The van der Waals surface area contributed by atoms with Crippen LogP contribution in [0, 0.1) is 0 Å². The normalized spacial score (nSPS) is 19.0. The summed E-state index contributed by atoms with van der Waals surface area (Å²) < 4.78 is 58.3. The maximum absolute atomic E-state index is 11.7. The van der Waals surface area contributed by atoms with Crippen molar-refractivity contribution in [1.82, 2.24) is 15.4 Å². The van der Waals surface area contributed by atoms with E-state index in [1.807, 2.05) is 0 Å². The van der Waals surface area contributed by atoms with Crippen molar-refractivity contribution in [1.29, 1.82) is 0 Å². The lowest BCUT2D eigenvalue weighted by atomic mass is 11.0. The zero-order chi connectivity index (χ0) is 8.81. The molecule has 0 radical (unpaired) electrons. The number of halogens is 5. The van der Waals surface area contributed by atoms with Gasteiger partial charge in [0.15, 0.2) is 0 Å². The first-order chi connectivity index (χ1) is 4.59. The summed E-state index contributed by atoms with van der Waals surface area (Å²) in [6, 6.07) is 0. The number of nitrogens with zero attached hydrogens (tertiary/aromatic N) is 2. The second-order valence-electron chi connectivity index (χ2n) is 1.78. The summed E-state index contributed by atoms with van der Waals surface area (Å²) in [4.78, 5) is 0. The summed E-state index contributed by atoms with van der Waals surface area (Å²) in [5.41, 5.74) is 0. The molecule has 66 valence electrons. The fraction of sp³-hybridized carbons (Fsp3) is 0. The molecule has 0 saturated carbocycles. The van der Waals surface area contributed by atoms with E-state index in [1.54, 1.807) is 0 Å². The fourth-order valence-electron chi connectivity index (χ4n) is 0.377. The van der Waals surface area contributed by atoms with Crippen LogP contribution in [0.3, 0.4) is 0 Å². The van der Waals surface area contributed by atoms with Crippen LogP contribution in [-0.4, -0.2) is 15.4 Å². The Bertz CT molecular complexity index is 258. The second kappa shape index (κ2) is 1.36. The third-order valence-electron chi connectivity index (χ3n) is 0.788. The Kier molecular flexibility index (Phi) is 1.01. The van der Waals surface area contributed by atoms with Gasteiger partial charge in [-0.3, -0.25) is 0 Å². The predicted molar refractivity (Wildman–Crippen MR) is 27.8 cm³/mol. The van der Waals surface area contributed by atoms with E-state index in [1.165, 1.54) is 5.21 Å². The van der Waals surface area contributed by atoms with E-state index in [2.05, 4.69) is 10.2 Å². The minimum Gasteiger partial charge on any atom is -0.197 e. The van der Waals surface area contributed by atoms with Crippen molar-refractivity contribution in [3.63, 3.8) is 0 Å². The van der Waals surface area contributed by atoms with Crippen molar-refractivity contribution in [2.24, 2.45) is 0 Å². The van der Waals surface area contributed by atoms with E-state index >= 15 is 0 Å². The van der Waals surface area contributed by atoms with Crippen molar-refractivity contribution in [3.8, 4) is 0 Å². The van der Waals surface area contributed by atoms with Crippen molar-refractivity contribution >= 4 is 10.2 Å². The Hall–Kier alpha value is -0.860. The Morgan fingerprint density at radius 3 is 1.91 bits per heavy atom. The van der Waals surface area contributed by atoms with E-state index in [-0.39, 0.29) is 6.20 Å². The molecule has 0 atom stereocenters. The van der Waals surface area contributed by atoms with Crippen LogP contribution in [0.5, 0.6) is 0 Å². The smallest absolute Gasteiger partial charge is 0.197 e. The van der Waals surface area contributed by atoms with Gasteiger partial charge in [-0.2, -0.15) is 10.3 Å². The van der Waals surface area contributed by atoms with Gasteiger partial charge in [0.2, 0.25) is 5.03 Å². The average molecular weight is 195 g/mol. The molecule has 0 aliphatic carbocycles. The number of nitrogens with one attached hydrogen (secondary N) is 1. The highest BCUT2D eigenvalue weighted by Gasteiger charge is 2.68. The van der Waals surface area contributed by atoms with Gasteiger partial charge in [-0.25, -0.2) is 0 Å². The molecule has 0 saturated heterocycles.